The molecule has 0 saturated carbocycles. The van der Waals surface area contributed by atoms with Crippen molar-refractivity contribution in [3.8, 4) is 0 Å². The van der Waals surface area contributed by atoms with Gasteiger partial charge in [-0.05, 0) is 12.8 Å². The molecule has 1 amide bonds. The molecule has 3 heterocycles. The molecule has 3 fully saturated rings. The van der Waals surface area contributed by atoms with Gasteiger partial charge in [-0.15, -0.1) is 0 Å². The van der Waals surface area contributed by atoms with E-state index in [9.17, 15) is 13.2 Å². The van der Waals surface area contributed by atoms with Crippen LogP contribution in [0, 0.1) is 0 Å². The normalized spacial score (nSPS) is 38.7. The van der Waals surface area contributed by atoms with E-state index in [-0.39, 0.29) is 35.7 Å². The average molecular weight is 275 g/mol. The average Bonchev–Trinajstić information content (AvgIpc) is 2.91. The predicted octanol–water partition coefficient (Wildman–Crippen LogP) is -0.810. The third-order valence-corrected chi connectivity index (χ3v) is 5.51. The molecule has 0 aliphatic carbocycles. The van der Waals surface area contributed by atoms with E-state index in [0.29, 0.717) is 19.8 Å². The van der Waals surface area contributed by atoms with Crippen molar-refractivity contribution in [3.05, 3.63) is 0 Å². The molecular weight excluding hydrogens is 258 g/mol. The van der Waals surface area contributed by atoms with Gasteiger partial charge in [-0.25, -0.2) is 8.42 Å². The predicted molar refractivity (Wildman–Crippen MR) is 62.9 cm³/mol. The van der Waals surface area contributed by atoms with Gasteiger partial charge in [0.1, 0.15) is 6.10 Å². The Hall–Kier alpha value is -0.660. The number of sulfone groups is 1. The van der Waals surface area contributed by atoms with Crippen molar-refractivity contribution < 1.29 is 22.7 Å². The zero-order valence-electron chi connectivity index (χ0n) is 10.1. The van der Waals surface area contributed by atoms with E-state index in [2.05, 4.69) is 0 Å². The number of nitrogens with zero attached hydrogens (tertiary/aromatic N) is 1. The Morgan fingerprint density at radius 3 is 2.72 bits per heavy atom. The van der Waals surface area contributed by atoms with Crippen molar-refractivity contribution in [2.75, 3.05) is 31.3 Å². The zero-order chi connectivity index (χ0) is 12.8. The van der Waals surface area contributed by atoms with Crippen molar-refractivity contribution in [3.63, 3.8) is 0 Å². The van der Waals surface area contributed by atoms with Crippen LogP contribution < -0.4 is 0 Å². The molecule has 3 rings (SSSR count). The lowest BCUT2D eigenvalue weighted by molar-refractivity contribution is -0.152. The Bertz CT molecular complexity index is 442. The molecule has 0 radical (unpaired) electrons. The minimum atomic E-state index is -3.08. The highest BCUT2D eigenvalue weighted by Gasteiger charge is 2.47. The van der Waals surface area contributed by atoms with Crippen LogP contribution in [-0.4, -0.2) is 68.7 Å². The van der Waals surface area contributed by atoms with Gasteiger partial charge in [-0.3, -0.25) is 4.79 Å². The van der Waals surface area contributed by atoms with Crippen LogP contribution in [0.4, 0.5) is 0 Å². The number of rotatable bonds is 1. The summed E-state index contributed by atoms with van der Waals surface area (Å²) in [6, 6.07) is -0.319. The van der Waals surface area contributed by atoms with Crippen molar-refractivity contribution in [2.45, 2.75) is 31.1 Å². The van der Waals surface area contributed by atoms with E-state index in [1.54, 1.807) is 4.90 Å². The number of hydrogen-bond donors (Lipinski definition) is 0. The third kappa shape index (κ3) is 2.15. The van der Waals surface area contributed by atoms with Gasteiger partial charge in [0.2, 0.25) is 0 Å². The SMILES string of the molecule is O=C(C1CCCO1)N1CCOC2CS(=O)(=O)CC21. The van der Waals surface area contributed by atoms with Gasteiger partial charge in [-0.1, -0.05) is 0 Å². The molecular formula is C11H17NO5S. The molecule has 0 spiro atoms. The van der Waals surface area contributed by atoms with Gasteiger partial charge >= 0.3 is 0 Å². The summed E-state index contributed by atoms with van der Waals surface area (Å²) in [6.07, 6.45) is 0.897. The van der Waals surface area contributed by atoms with Gasteiger partial charge < -0.3 is 14.4 Å². The maximum Gasteiger partial charge on any atom is 0.252 e. The van der Waals surface area contributed by atoms with Gasteiger partial charge in [0.25, 0.3) is 5.91 Å². The van der Waals surface area contributed by atoms with Crippen molar-refractivity contribution in [1.29, 1.82) is 0 Å². The van der Waals surface area contributed by atoms with E-state index in [1.807, 2.05) is 0 Å². The second-order valence-corrected chi connectivity index (χ2v) is 7.24. The van der Waals surface area contributed by atoms with Gasteiger partial charge in [0.05, 0.1) is 30.3 Å². The molecule has 3 aliphatic rings. The molecule has 0 bridgehead atoms. The smallest absolute Gasteiger partial charge is 0.252 e. The third-order valence-electron chi connectivity index (χ3n) is 3.82. The van der Waals surface area contributed by atoms with Crippen LogP contribution in [0.2, 0.25) is 0 Å². The first-order valence-electron chi connectivity index (χ1n) is 6.31. The Balaban J connectivity index is 1.77. The second-order valence-electron chi connectivity index (χ2n) is 5.09. The maximum absolute atomic E-state index is 12.3. The van der Waals surface area contributed by atoms with Gasteiger partial charge in [-0.2, -0.15) is 0 Å². The molecule has 18 heavy (non-hydrogen) atoms. The molecule has 3 atom stereocenters. The topological polar surface area (TPSA) is 72.9 Å². The molecule has 3 aliphatic heterocycles. The fourth-order valence-corrected chi connectivity index (χ4v) is 4.82. The highest BCUT2D eigenvalue weighted by atomic mass is 32.2. The minimum Gasteiger partial charge on any atom is -0.373 e. The summed E-state index contributed by atoms with van der Waals surface area (Å²) in [5.74, 6) is -0.00813. The fourth-order valence-electron chi connectivity index (χ4n) is 2.95. The summed E-state index contributed by atoms with van der Waals surface area (Å²) in [5, 5.41) is 0. The second kappa shape index (κ2) is 4.47. The summed E-state index contributed by atoms with van der Waals surface area (Å²) in [7, 11) is -3.08. The van der Waals surface area contributed by atoms with E-state index in [1.165, 1.54) is 0 Å². The lowest BCUT2D eigenvalue weighted by atomic mass is 10.1. The number of amides is 1. The lowest BCUT2D eigenvalue weighted by Gasteiger charge is -2.37. The van der Waals surface area contributed by atoms with Gasteiger partial charge in [0.15, 0.2) is 9.84 Å². The standard InChI is InChI=1S/C11H17NO5S/c13-11(9-2-1-4-16-9)12-3-5-17-10-7-18(14,15)6-8(10)12/h8-10H,1-7H2. The summed E-state index contributed by atoms with van der Waals surface area (Å²) < 4.78 is 34.1. The van der Waals surface area contributed by atoms with E-state index in [4.69, 9.17) is 9.47 Å². The number of fused-ring (bicyclic) bond motifs is 1. The Kier molecular flexibility index (Phi) is 3.07. The maximum atomic E-state index is 12.3. The highest BCUT2D eigenvalue weighted by molar-refractivity contribution is 7.91. The minimum absolute atomic E-state index is 0.0239. The number of morpholine rings is 1. The first-order chi connectivity index (χ1) is 8.57. The summed E-state index contributed by atoms with van der Waals surface area (Å²) >= 11 is 0. The Labute approximate surface area is 106 Å². The number of carbonyl (C=O) groups is 1. The number of hydrogen-bond acceptors (Lipinski definition) is 5. The quantitative estimate of drug-likeness (QED) is 0.626. The van der Waals surface area contributed by atoms with E-state index >= 15 is 0 Å². The molecule has 102 valence electrons. The van der Waals surface area contributed by atoms with Gasteiger partial charge in [0, 0.05) is 13.2 Å². The summed E-state index contributed by atoms with van der Waals surface area (Å²) in [5.41, 5.74) is 0. The number of ether oxygens (including phenoxy) is 2. The van der Waals surface area contributed by atoms with Crippen LogP contribution in [0.15, 0.2) is 0 Å². The molecule has 6 nitrogen and oxygen atoms in total. The Morgan fingerprint density at radius 1 is 1.17 bits per heavy atom. The van der Waals surface area contributed by atoms with Crippen molar-refractivity contribution in [1.82, 2.24) is 4.90 Å². The van der Waals surface area contributed by atoms with Crippen LogP contribution >= 0.6 is 0 Å². The number of carbonyl (C=O) groups excluding carboxylic acids is 1. The molecule has 0 aromatic carbocycles. The zero-order valence-corrected chi connectivity index (χ0v) is 10.9. The Morgan fingerprint density at radius 2 is 2.00 bits per heavy atom. The van der Waals surface area contributed by atoms with Crippen LogP contribution in [0.5, 0.6) is 0 Å². The fraction of sp³-hybridized carbons (Fsp3) is 0.909. The molecule has 0 aromatic heterocycles. The largest absolute Gasteiger partial charge is 0.373 e. The van der Waals surface area contributed by atoms with E-state index in [0.717, 1.165) is 12.8 Å². The van der Waals surface area contributed by atoms with Crippen LogP contribution in [0.1, 0.15) is 12.8 Å². The first kappa shape index (κ1) is 12.4. The van der Waals surface area contributed by atoms with Crippen LogP contribution in [-0.2, 0) is 24.1 Å². The summed E-state index contributed by atoms with van der Waals surface area (Å²) in [4.78, 5) is 14.0. The summed E-state index contributed by atoms with van der Waals surface area (Å²) in [6.45, 7) is 1.50. The van der Waals surface area contributed by atoms with E-state index < -0.39 is 9.84 Å². The monoisotopic (exact) mass is 275 g/mol. The molecule has 7 heteroatoms. The molecule has 0 aromatic rings. The highest BCUT2D eigenvalue weighted by Crippen LogP contribution is 2.26. The first-order valence-corrected chi connectivity index (χ1v) is 8.13. The van der Waals surface area contributed by atoms with Crippen LogP contribution in [0.3, 0.4) is 0 Å². The van der Waals surface area contributed by atoms with Crippen LogP contribution in [0.25, 0.3) is 0 Å². The van der Waals surface area contributed by atoms with Crippen molar-refractivity contribution in [2.24, 2.45) is 0 Å². The lowest BCUT2D eigenvalue weighted by Crippen LogP contribution is -2.55. The molecule has 3 saturated heterocycles. The molecule has 0 N–H and O–H groups in total. The molecule has 3 unspecified atom stereocenters. The van der Waals surface area contributed by atoms with Crippen molar-refractivity contribution >= 4 is 15.7 Å².